The third-order valence-electron chi connectivity index (χ3n) is 3.21. The number of hydrogen-bond acceptors (Lipinski definition) is 5. The SMILES string of the molecule is CCNC1(C(=O)O)CCC(Sc2ncccn2)C1. The Balaban J connectivity index is 2.01. The van der Waals surface area contributed by atoms with E-state index in [4.69, 9.17) is 0 Å². The van der Waals surface area contributed by atoms with Crippen LogP contribution >= 0.6 is 11.8 Å². The van der Waals surface area contributed by atoms with Crippen LogP contribution in [0.3, 0.4) is 0 Å². The summed E-state index contributed by atoms with van der Waals surface area (Å²) in [6.45, 7) is 2.61. The molecule has 2 unspecified atom stereocenters. The number of likely N-dealkylation sites (N-methyl/N-ethyl adjacent to an activating group) is 1. The van der Waals surface area contributed by atoms with Crippen LogP contribution in [0.2, 0.25) is 0 Å². The van der Waals surface area contributed by atoms with E-state index in [1.807, 2.05) is 6.92 Å². The van der Waals surface area contributed by atoms with Crippen LogP contribution in [0.1, 0.15) is 26.2 Å². The maximum absolute atomic E-state index is 11.4. The van der Waals surface area contributed by atoms with E-state index < -0.39 is 11.5 Å². The summed E-state index contributed by atoms with van der Waals surface area (Å²) in [6, 6.07) is 1.78. The molecule has 1 aromatic rings. The molecule has 1 saturated carbocycles. The zero-order valence-electron chi connectivity index (χ0n) is 10.3. The first-order valence-corrected chi connectivity index (χ1v) is 6.96. The largest absolute Gasteiger partial charge is 0.480 e. The summed E-state index contributed by atoms with van der Waals surface area (Å²) in [6.07, 6.45) is 5.58. The van der Waals surface area contributed by atoms with Gasteiger partial charge in [0.05, 0.1) is 0 Å². The molecule has 2 atom stereocenters. The maximum Gasteiger partial charge on any atom is 0.323 e. The Morgan fingerprint density at radius 1 is 1.61 bits per heavy atom. The minimum absolute atomic E-state index is 0.266. The van der Waals surface area contributed by atoms with Gasteiger partial charge in [-0.2, -0.15) is 0 Å². The molecule has 5 nitrogen and oxygen atoms in total. The van der Waals surface area contributed by atoms with Gasteiger partial charge >= 0.3 is 5.97 Å². The fourth-order valence-electron chi connectivity index (χ4n) is 2.36. The Labute approximate surface area is 110 Å². The van der Waals surface area contributed by atoms with Crippen LogP contribution in [-0.2, 0) is 4.79 Å². The van der Waals surface area contributed by atoms with Crippen molar-refractivity contribution in [2.45, 2.75) is 42.1 Å². The lowest BCUT2D eigenvalue weighted by Crippen LogP contribution is -2.50. The number of aliphatic carboxylic acids is 1. The molecule has 0 amide bonds. The van der Waals surface area contributed by atoms with Gasteiger partial charge in [-0.15, -0.1) is 0 Å². The fraction of sp³-hybridized carbons (Fsp3) is 0.583. The number of rotatable bonds is 5. The maximum atomic E-state index is 11.4. The van der Waals surface area contributed by atoms with E-state index >= 15 is 0 Å². The van der Waals surface area contributed by atoms with Gasteiger partial charge in [-0.25, -0.2) is 9.97 Å². The van der Waals surface area contributed by atoms with Gasteiger partial charge in [-0.05, 0) is 31.9 Å². The minimum Gasteiger partial charge on any atom is -0.480 e. The van der Waals surface area contributed by atoms with Crippen molar-refractivity contribution in [3.05, 3.63) is 18.5 Å². The van der Waals surface area contributed by atoms with E-state index in [0.717, 1.165) is 11.6 Å². The van der Waals surface area contributed by atoms with Crippen LogP contribution in [0.4, 0.5) is 0 Å². The molecule has 0 aromatic carbocycles. The lowest BCUT2D eigenvalue weighted by Gasteiger charge is -2.25. The second kappa shape index (κ2) is 5.67. The van der Waals surface area contributed by atoms with E-state index in [2.05, 4.69) is 15.3 Å². The highest BCUT2D eigenvalue weighted by Gasteiger charge is 2.45. The van der Waals surface area contributed by atoms with Crippen LogP contribution in [0.5, 0.6) is 0 Å². The number of carbonyl (C=O) groups is 1. The average molecular weight is 267 g/mol. The second-order valence-corrected chi connectivity index (χ2v) is 5.70. The fourth-order valence-corrected chi connectivity index (χ4v) is 3.51. The van der Waals surface area contributed by atoms with Crippen molar-refractivity contribution in [2.75, 3.05) is 6.54 Å². The van der Waals surface area contributed by atoms with Gasteiger partial charge < -0.3 is 10.4 Å². The van der Waals surface area contributed by atoms with Crippen molar-refractivity contribution >= 4 is 17.7 Å². The zero-order chi connectivity index (χ0) is 13.0. The number of nitrogens with one attached hydrogen (secondary N) is 1. The molecule has 6 heteroatoms. The van der Waals surface area contributed by atoms with E-state index in [1.54, 1.807) is 30.2 Å². The third kappa shape index (κ3) is 2.81. The summed E-state index contributed by atoms with van der Waals surface area (Å²) in [7, 11) is 0. The molecular weight excluding hydrogens is 250 g/mol. The molecular formula is C12H17N3O2S. The van der Waals surface area contributed by atoms with Gasteiger partial charge in [-0.1, -0.05) is 18.7 Å². The Hall–Kier alpha value is -1.14. The summed E-state index contributed by atoms with van der Waals surface area (Å²) < 4.78 is 0. The third-order valence-corrected chi connectivity index (χ3v) is 4.37. The Bertz CT molecular complexity index is 415. The molecule has 98 valence electrons. The Morgan fingerprint density at radius 3 is 2.94 bits per heavy atom. The topological polar surface area (TPSA) is 75.1 Å². The number of thioether (sulfide) groups is 1. The average Bonchev–Trinajstić information content (AvgIpc) is 2.76. The molecule has 1 aliphatic rings. The monoisotopic (exact) mass is 267 g/mol. The van der Waals surface area contributed by atoms with Gasteiger partial charge in [0.25, 0.3) is 0 Å². The molecule has 1 aromatic heterocycles. The minimum atomic E-state index is -0.763. The van der Waals surface area contributed by atoms with Crippen LogP contribution in [0.15, 0.2) is 23.6 Å². The summed E-state index contributed by atoms with van der Waals surface area (Å²) in [5.41, 5.74) is -0.763. The van der Waals surface area contributed by atoms with Gasteiger partial charge in [0.2, 0.25) is 0 Å². The van der Waals surface area contributed by atoms with Gasteiger partial charge in [0.1, 0.15) is 5.54 Å². The number of hydrogen-bond donors (Lipinski definition) is 2. The lowest BCUT2D eigenvalue weighted by atomic mass is 9.98. The molecule has 2 rings (SSSR count). The second-order valence-electron chi connectivity index (χ2n) is 4.43. The summed E-state index contributed by atoms with van der Waals surface area (Å²) in [5.74, 6) is -0.749. The first-order chi connectivity index (χ1) is 8.66. The highest BCUT2D eigenvalue weighted by molar-refractivity contribution is 7.99. The highest BCUT2D eigenvalue weighted by Crippen LogP contribution is 2.39. The quantitative estimate of drug-likeness (QED) is 0.788. The van der Waals surface area contributed by atoms with E-state index in [0.29, 0.717) is 19.4 Å². The van der Waals surface area contributed by atoms with Crippen LogP contribution < -0.4 is 5.32 Å². The molecule has 1 heterocycles. The molecule has 18 heavy (non-hydrogen) atoms. The van der Waals surface area contributed by atoms with Gasteiger partial charge in [0.15, 0.2) is 5.16 Å². The molecule has 0 bridgehead atoms. The molecule has 2 N–H and O–H groups in total. The number of carboxylic acids is 1. The zero-order valence-corrected chi connectivity index (χ0v) is 11.1. The lowest BCUT2D eigenvalue weighted by molar-refractivity contribution is -0.144. The predicted molar refractivity (Wildman–Crippen MR) is 69.6 cm³/mol. The molecule has 1 fully saturated rings. The van der Waals surface area contributed by atoms with E-state index in [9.17, 15) is 9.90 Å². The van der Waals surface area contributed by atoms with Crippen molar-refractivity contribution in [1.82, 2.24) is 15.3 Å². The predicted octanol–water partition coefficient (Wildman–Crippen LogP) is 1.55. The van der Waals surface area contributed by atoms with Crippen molar-refractivity contribution in [2.24, 2.45) is 0 Å². The first-order valence-electron chi connectivity index (χ1n) is 6.08. The summed E-state index contributed by atoms with van der Waals surface area (Å²) in [5, 5.41) is 13.5. The molecule has 1 aliphatic carbocycles. The number of carboxylic acid groups (broad SMARTS) is 1. The van der Waals surface area contributed by atoms with Crippen molar-refractivity contribution in [3.63, 3.8) is 0 Å². The van der Waals surface area contributed by atoms with Crippen molar-refractivity contribution in [3.8, 4) is 0 Å². The summed E-state index contributed by atoms with van der Waals surface area (Å²) >= 11 is 1.57. The van der Waals surface area contributed by atoms with Crippen LogP contribution in [0.25, 0.3) is 0 Å². The normalized spacial score (nSPS) is 27.3. The smallest absolute Gasteiger partial charge is 0.323 e. The number of nitrogens with zero attached hydrogens (tertiary/aromatic N) is 2. The highest BCUT2D eigenvalue weighted by atomic mass is 32.2. The Kier molecular flexibility index (Phi) is 4.19. The van der Waals surface area contributed by atoms with Crippen LogP contribution in [0, 0.1) is 0 Å². The Morgan fingerprint density at radius 2 is 2.33 bits per heavy atom. The van der Waals surface area contributed by atoms with E-state index in [1.165, 1.54) is 0 Å². The standard InChI is InChI=1S/C12H17N3O2S/c1-2-15-12(10(16)17)5-4-9(8-12)18-11-13-6-3-7-14-11/h3,6-7,9,15H,2,4-5,8H2,1H3,(H,16,17). The van der Waals surface area contributed by atoms with Crippen molar-refractivity contribution in [1.29, 1.82) is 0 Å². The van der Waals surface area contributed by atoms with Crippen LogP contribution in [-0.4, -0.2) is 38.4 Å². The summed E-state index contributed by atoms with van der Waals surface area (Å²) in [4.78, 5) is 19.7. The first kappa shape index (κ1) is 13.3. The molecule has 0 radical (unpaired) electrons. The molecule has 0 saturated heterocycles. The van der Waals surface area contributed by atoms with Gasteiger partial charge in [0, 0.05) is 17.6 Å². The van der Waals surface area contributed by atoms with Gasteiger partial charge in [-0.3, -0.25) is 4.79 Å². The molecule has 0 aliphatic heterocycles. The molecule has 0 spiro atoms. The van der Waals surface area contributed by atoms with Crippen molar-refractivity contribution < 1.29 is 9.90 Å². The number of aromatic nitrogens is 2. The van der Waals surface area contributed by atoms with E-state index in [-0.39, 0.29) is 5.25 Å².